The fourth-order valence-electron chi connectivity index (χ4n) is 1.70. The maximum atomic E-state index is 13.3. The second-order valence-electron chi connectivity index (χ2n) is 4.39. The van der Waals surface area contributed by atoms with Gasteiger partial charge in [0.25, 0.3) is 0 Å². The molecule has 0 saturated carbocycles. The van der Waals surface area contributed by atoms with E-state index in [1.54, 1.807) is 30.3 Å². The zero-order valence-corrected chi connectivity index (χ0v) is 11.5. The van der Waals surface area contributed by atoms with Crippen LogP contribution in [0.5, 0.6) is 0 Å². The van der Waals surface area contributed by atoms with E-state index in [0.29, 0.717) is 16.8 Å². The maximum absolute atomic E-state index is 13.3. The van der Waals surface area contributed by atoms with E-state index in [9.17, 15) is 14.0 Å². The summed E-state index contributed by atoms with van der Waals surface area (Å²) < 4.78 is 13.3. The third-order valence-electron chi connectivity index (χ3n) is 2.81. The molecular weight excluding hydrogens is 285 g/mol. The summed E-state index contributed by atoms with van der Waals surface area (Å²) in [7, 11) is 0. The predicted molar refractivity (Wildman–Crippen MR) is 82.5 cm³/mol. The van der Waals surface area contributed by atoms with Gasteiger partial charge in [0.05, 0.1) is 0 Å². The summed E-state index contributed by atoms with van der Waals surface area (Å²) in [6, 6.07) is 11.8. The van der Waals surface area contributed by atoms with Crippen molar-refractivity contribution in [2.75, 3.05) is 5.32 Å². The molecule has 0 saturated heterocycles. The third-order valence-corrected chi connectivity index (χ3v) is 2.81. The van der Waals surface area contributed by atoms with Gasteiger partial charge in [0.15, 0.2) is 0 Å². The highest BCUT2D eigenvalue weighted by Gasteiger charge is 2.02. The van der Waals surface area contributed by atoms with Crippen LogP contribution >= 0.6 is 0 Å². The monoisotopic (exact) mass is 299 g/mol. The van der Waals surface area contributed by atoms with Crippen molar-refractivity contribution in [2.24, 2.45) is 5.73 Å². The molecule has 0 radical (unpaired) electrons. The highest BCUT2D eigenvalue weighted by atomic mass is 19.1. The highest BCUT2D eigenvalue weighted by Crippen LogP contribution is 2.09. The van der Waals surface area contributed by atoms with Gasteiger partial charge in [-0.3, -0.25) is 4.79 Å². The van der Waals surface area contributed by atoms with E-state index in [1.165, 1.54) is 30.5 Å². The molecule has 0 aliphatic heterocycles. The topological polar surface area (TPSA) is 84.2 Å². The summed E-state index contributed by atoms with van der Waals surface area (Å²) in [5, 5.41) is 5.02. The van der Waals surface area contributed by atoms with Crippen LogP contribution < -0.4 is 16.4 Å². The number of nitrogens with two attached hydrogens (primary N) is 1. The third kappa shape index (κ3) is 4.17. The van der Waals surface area contributed by atoms with Gasteiger partial charge in [0.2, 0.25) is 5.91 Å². The molecule has 2 rings (SSSR count). The Morgan fingerprint density at radius 3 is 2.36 bits per heavy atom. The molecule has 0 spiro atoms. The first-order chi connectivity index (χ1) is 10.6. The minimum atomic E-state index is -0.538. The zero-order valence-electron chi connectivity index (χ0n) is 11.5. The minimum Gasteiger partial charge on any atom is -0.366 e. The number of amides is 3. The van der Waals surface area contributed by atoms with Crippen molar-refractivity contribution in [2.45, 2.75) is 0 Å². The highest BCUT2D eigenvalue weighted by molar-refractivity contribution is 5.94. The molecule has 0 aliphatic carbocycles. The van der Waals surface area contributed by atoms with Crippen LogP contribution in [0.25, 0.3) is 6.08 Å². The summed E-state index contributed by atoms with van der Waals surface area (Å²) in [5.41, 5.74) is 6.34. The molecule has 6 heteroatoms. The second kappa shape index (κ2) is 7.03. The minimum absolute atomic E-state index is 0.352. The van der Waals surface area contributed by atoms with Crippen molar-refractivity contribution in [3.05, 3.63) is 71.7 Å². The molecule has 2 aromatic carbocycles. The fraction of sp³-hybridized carbons (Fsp3) is 0. The van der Waals surface area contributed by atoms with Crippen LogP contribution in [0, 0.1) is 5.82 Å². The molecule has 22 heavy (non-hydrogen) atoms. The molecule has 0 atom stereocenters. The zero-order chi connectivity index (χ0) is 15.9. The first kappa shape index (κ1) is 15.2. The number of carbonyl (C=O) groups excluding carboxylic acids is 2. The van der Waals surface area contributed by atoms with E-state index in [1.807, 2.05) is 0 Å². The van der Waals surface area contributed by atoms with Gasteiger partial charge in [-0.15, -0.1) is 0 Å². The lowest BCUT2D eigenvalue weighted by Gasteiger charge is -2.05. The maximum Gasteiger partial charge on any atom is 0.323 e. The van der Waals surface area contributed by atoms with Crippen molar-refractivity contribution in [1.29, 1.82) is 0 Å². The van der Waals surface area contributed by atoms with Crippen LogP contribution in [0.3, 0.4) is 0 Å². The lowest BCUT2D eigenvalue weighted by molar-refractivity contribution is 0.100. The SMILES string of the molecule is NC(=O)c1ccc(NC(=O)N/C=C/c2ccccc2F)cc1. The van der Waals surface area contributed by atoms with Crippen LogP contribution in [0.2, 0.25) is 0 Å². The van der Waals surface area contributed by atoms with Crippen molar-refractivity contribution in [3.63, 3.8) is 0 Å². The Hall–Kier alpha value is -3.15. The molecule has 4 N–H and O–H groups in total. The van der Waals surface area contributed by atoms with Crippen LogP contribution in [-0.2, 0) is 0 Å². The Labute approximate surface area is 126 Å². The predicted octanol–water partition coefficient (Wildman–Crippen LogP) is 2.72. The van der Waals surface area contributed by atoms with Crippen LogP contribution in [-0.4, -0.2) is 11.9 Å². The molecule has 5 nitrogen and oxygen atoms in total. The average molecular weight is 299 g/mol. The summed E-state index contributed by atoms with van der Waals surface area (Å²) in [4.78, 5) is 22.6. The van der Waals surface area contributed by atoms with Crippen LogP contribution in [0.15, 0.2) is 54.7 Å². The Balaban J connectivity index is 1.90. The number of benzene rings is 2. The summed E-state index contributed by atoms with van der Waals surface area (Å²) in [5.74, 6) is -0.910. The molecule has 3 amide bonds. The van der Waals surface area contributed by atoms with Gasteiger partial charge in [0, 0.05) is 23.0 Å². The van der Waals surface area contributed by atoms with Crippen LogP contribution in [0.4, 0.5) is 14.9 Å². The molecule has 0 aliphatic rings. The number of carbonyl (C=O) groups is 2. The Morgan fingerprint density at radius 1 is 1.05 bits per heavy atom. The standard InChI is InChI=1S/C16H14FN3O2/c17-14-4-2-1-3-11(14)9-10-19-16(22)20-13-7-5-12(6-8-13)15(18)21/h1-10H,(H2,18,21)(H2,19,20,22)/b10-9+. The number of primary amides is 1. The van der Waals surface area contributed by atoms with E-state index in [2.05, 4.69) is 10.6 Å². The fourth-order valence-corrected chi connectivity index (χ4v) is 1.70. The van der Waals surface area contributed by atoms with Crippen molar-refractivity contribution < 1.29 is 14.0 Å². The van der Waals surface area contributed by atoms with Gasteiger partial charge >= 0.3 is 6.03 Å². The Morgan fingerprint density at radius 2 is 1.73 bits per heavy atom. The van der Waals surface area contributed by atoms with Crippen molar-refractivity contribution in [1.82, 2.24) is 5.32 Å². The number of urea groups is 1. The van der Waals surface area contributed by atoms with E-state index < -0.39 is 11.9 Å². The molecule has 2 aromatic rings. The van der Waals surface area contributed by atoms with E-state index in [4.69, 9.17) is 5.73 Å². The average Bonchev–Trinajstić information content (AvgIpc) is 2.50. The normalized spacial score (nSPS) is 10.4. The van der Waals surface area contributed by atoms with Gasteiger partial charge in [-0.1, -0.05) is 18.2 Å². The summed E-state index contributed by atoms with van der Waals surface area (Å²) >= 11 is 0. The number of anilines is 1. The molecule has 112 valence electrons. The van der Waals surface area contributed by atoms with E-state index in [0.717, 1.165) is 0 Å². The second-order valence-corrected chi connectivity index (χ2v) is 4.39. The van der Waals surface area contributed by atoms with Crippen molar-refractivity contribution >= 4 is 23.7 Å². The first-order valence-electron chi connectivity index (χ1n) is 6.45. The van der Waals surface area contributed by atoms with Gasteiger partial charge in [-0.05, 0) is 36.4 Å². The number of halogens is 1. The number of rotatable bonds is 4. The Kier molecular flexibility index (Phi) is 4.87. The van der Waals surface area contributed by atoms with Crippen LogP contribution in [0.1, 0.15) is 15.9 Å². The number of nitrogens with one attached hydrogen (secondary N) is 2. The van der Waals surface area contributed by atoms with E-state index in [-0.39, 0.29) is 5.82 Å². The summed E-state index contributed by atoms with van der Waals surface area (Å²) in [6.45, 7) is 0. The molecule has 0 unspecified atom stereocenters. The molecule has 0 bridgehead atoms. The van der Waals surface area contributed by atoms with Gasteiger partial charge in [0.1, 0.15) is 5.82 Å². The Bertz CT molecular complexity index is 712. The van der Waals surface area contributed by atoms with Gasteiger partial charge in [-0.25, -0.2) is 9.18 Å². The molecule has 0 fully saturated rings. The number of hydrogen-bond acceptors (Lipinski definition) is 2. The lowest BCUT2D eigenvalue weighted by Crippen LogP contribution is -2.23. The smallest absolute Gasteiger partial charge is 0.323 e. The molecular formula is C16H14FN3O2. The van der Waals surface area contributed by atoms with Gasteiger partial charge in [-0.2, -0.15) is 0 Å². The van der Waals surface area contributed by atoms with Gasteiger partial charge < -0.3 is 16.4 Å². The van der Waals surface area contributed by atoms with Crippen molar-refractivity contribution in [3.8, 4) is 0 Å². The number of hydrogen-bond donors (Lipinski definition) is 3. The summed E-state index contributed by atoms with van der Waals surface area (Å²) in [6.07, 6.45) is 2.79. The molecule has 0 heterocycles. The molecule has 0 aromatic heterocycles. The largest absolute Gasteiger partial charge is 0.366 e. The first-order valence-corrected chi connectivity index (χ1v) is 6.45. The van der Waals surface area contributed by atoms with E-state index >= 15 is 0 Å². The lowest BCUT2D eigenvalue weighted by atomic mass is 10.2. The quantitative estimate of drug-likeness (QED) is 0.811.